The van der Waals surface area contributed by atoms with E-state index in [-0.39, 0.29) is 6.04 Å². The summed E-state index contributed by atoms with van der Waals surface area (Å²) in [6, 6.07) is 5.83. The summed E-state index contributed by atoms with van der Waals surface area (Å²) in [4.78, 5) is 2.20. The number of nitrogens with two attached hydrogens (primary N) is 1. The highest BCUT2D eigenvalue weighted by atomic mass is 35.5. The zero-order valence-electron chi connectivity index (χ0n) is 7.71. The summed E-state index contributed by atoms with van der Waals surface area (Å²) in [7, 11) is 0. The largest absolute Gasteiger partial charge is 0.369 e. The van der Waals surface area contributed by atoms with Gasteiger partial charge in [0.25, 0.3) is 0 Å². The molecular weight excluding hydrogens is 219 g/mol. The summed E-state index contributed by atoms with van der Waals surface area (Å²) in [6.07, 6.45) is 1.03. The standard InChI is InChI=1S/C10H12Cl2N2/c11-7-1-2-10(9(12)5-7)14-4-3-8(13)6-14/h1-2,5,8H,3-4,6,13H2/t8-/m1/s1. The predicted octanol–water partition coefficient (Wildman–Crippen LogP) is 2.53. The molecule has 1 aliphatic heterocycles. The maximum absolute atomic E-state index is 6.09. The van der Waals surface area contributed by atoms with Crippen LogP contribution in [0.4, 0.5) is 5.69 Å². The third-order valence-electron chi connectivity index (χ3n) is 2.48. The second-order valence-electron chi connectivity index (χ2n) is 3.59. The van der Waals surface area contributed by atoms with E-state index in [4.69, 9.17) is 28.9 Å². The van der Waals surface area contributed by atoms with Gasteiger partial charge in [-0.25, -0.2) is 0 Å². The van der Waals surface area contributed by atoms with Crippen molar-refractivity contribution in [3.63, 3.8) is 0 Å². The van der Waals surface area contributed by atoms with Gasteiger partial charge in [0.2, 0.25) is 0 Å². The lowest BCUT2D eigenvalue weighted by atomic mass is 10.3. The summed E-state index contributed by atoms with van der Waals surface area (Å²) in [5.74, 6) is 0. The van der Waals surface area contributed by atoms with Crippen LogP contribution in [0.15, 0.2) is 18.2 Å². The highest BCUT2D eigenvalue weighted by Gasteiger charge is 2.20. The monoisotopic (exact) mass is 230 g/mol. The van der Waals surface area contributed by atoms with E-state index in [1.165, 1.54) is 0 Å². The molecule has 0 aliphatic carbocycles. The zero-order valence-corrected chi connectivity index (χ0v) is 9.22. The molecule has 0 spiro atoms. The van der Waals surface area contributed by atoms with Crippen LogP contribution in [0.25, 0.3) is 0 Å². The van der Waals surface area contributed by atoms with Crippen LogP contribution in [0.3, 0.4) is 0 Å². The van der Waals surface area contributed by atoms with E-state index in [1.807, 2.05) is 12.1 Å². The fraction of sp³-hybridized carbons (Fsp3) is 0.400. The lowest BCUT2D eigenvalue weighted by molar-refractivity contribution is 0.752. The van der Waals surface area contributed by atoms with E-state index in [9.17, 15) is 0 Å². The van der Waals surface area contributed by atoms with Crippen molar-refractivity contribution in [2.45, 2.75) is 12.5 Å². The summed E-state index contributed by atoms with van der Waals surface area (Å²) >= 11 is 11.9. The Bertz CT molecular complexity index is 341. The van der Waals surface area contributed by atoms with Crippen molar-refractivity contribution in [3.8, 4) is 0 Å². The van der Waals surface area contributed by atoms with Crippen molar-refractivity contribution in [1.82, 2.24) is 0 Å². The molecule has 1 aromatic rings. The van der Waals surface area contributed by atoms with E-state index in [0.717, 1.165) is 25.2 Å². The van der Waals surface area contributed by atoms with Gasteiger partial charge in [-0.15, -0.1) is 0 Å². The molecule has 0 saturated carbocycles. The maximum Gasteiger partial charge on any atom is 0.0654 e. The Balaban J connectivity index is 2.24. The summed E-state index contributed by atoms with van der Waals surface area (Å²) in [5.41, 5.74) is 6.86. The average molecular weight is 231 g/mol. The molecule has 1 heterocycles. The van der Waals surface area contributed by atoms with Gasteiger partial charge < -0.3 is 10.6 Å². The maximum atomic E-state index is 6.09. The van der Waals surface area contributed by atoms with Crippen LogP contribution in [0.1, 0.15) is 6.42 Å². The molecule has 0 unspecified atom stereocenters. The predicted molar refractivity (Wildman–Crippen MR) is 61.3 cm³/mol. The van der Waals surface area contributed by atoms with Gasteiger partial charge >= 0.3 is 0 Å². The van der Waals surface area contributed by atoms with Gasteiger partial charge in [-0.3, -0.25) is 0 Å². The molecule has 1 aliphatic rings. The first-order valence-electron chi connectivity index (χ1n) is 4.62. The quantitative estimate of drug-likeness (QED) is 0.804. The van der Waals surface area contributed by atoms with Gasteiger partial charge in [0.15, 0.2) is 0 Å². The van der Waals surface area contributed by atoms with Crippen molar-refractivity contribution < 1.29 is 0 Å². The molecule has 4 heteroatoms. The smallest absolute Gasteiger partial charge is 0.0654 e. The molecule has 1 atom stereocenters. The third kappa shape index (κ3) is 1.97. The van der Waals surface area contributed by atoms with Crippen LogP contribution < -0.4 is 10.6 Å². The highest BCUT2D eigenvalue weighted by Crippen LogP contribution is 2.30. The number of nitrogens with zero attached hydrogens (tertiary/aromatic N) is 1. The van der Waals surface area contributed by atoms with Crippen LogP contribution in [0, 0.1) is 0 Å². The first-order chi connectivity index (χ1) is 6.66. The molecule has 2 N–H and O–H groups in total. The average Bonchev–Trinajstić information content (AvgIpc) is 2.51. The summed E-state index contributed by atoms with van der Waals surface area (Å²) in [6.45, 7) is 1.85. The minimum Gasteiger partial charge on any atom is -0.369 e. The molecule has 76 valence electrons. The van der Waals surface area contributed by atoms with E-state index in [0.29, 0.717) is 10.0 Å². The van der Waals surface area contributed by atoms with E-state index in [2.05, 4.69) is 4.90 Å². The Morgan fingerprint density at radius 2 is 2.14 bits per heavy atom. The molecule has 1 fully saturated rings. The van der Waals surface area contributed by atoms with Crippen molar-refractivity contribution in [3.05, 3.63) is 28.2 Å². The first kappa shape index (κ1) is 10.1. The number of benzene rings is 1. The molecule has 0 radical (unpaired) electrons. The minimum atomic E-state index is 0.266. The Hall–Kier alpha value is -0.440. The third-order valence-corrected chi connectivity index (χ3v) is 3.01. The van der Waals surface area contributed by atoms with Crippen LogP contribution in [-0.2, 0) is 0 Å². The molecule has 1 aromatic carbocycles. The van der Waals surface area contributed by atoms with Gasteiger partial charge in [0.1, 0.15) is 0 Å². The molecule has 14 heavy (non-hydrogen) atoms. The molecule has 2 nitrogen and oxygen atoms in total. The molecule has 0 amide bonds. The fourth-order valence-corrected chi connectivity index (χ4v) is 2.27. The van der Waals surface area contributed by atoms with Gasteiger partial charge in [0, 0.05) is 24.2 Å². The molecule has 1 saturated heterocycles. The summed E-state index contributed by atoms with van der Waals surface area (Å²) < 4.78 is 0. The van der Waals surface area contributed by atoms with Crippen molar-refractivity contribution in [2.24, 2.45) is 5.73 Å². The molecular formula is C10H12Cl2N2. The Labute approximate surface area is 93.6 Å². The highest BCUT2D eigenvalue weighted by molar-refractivity contribution is 6.36. The lowest BCUT2D eigenvalue weighted by Crippen LogP contribution is -2.26. The lowest BCUT2D eigenvalue weighted by Gasteiger charge is -2.19. The molecule has 2 rings (SSSR count). The molecule has 0 aromatic heterocycles. The number of hydrogen-bond donors (Lipinski definition) is 1. The minimum absolute atomic E-state index is 0.266. The summed E-state index contributed by atoms with van der Waals surface area (Å²) in [5, 5.41) is 1.37. The second-order valence-corrected chi connectivity index (χ2v) is 4.43. The van der Waals surface area contributed by atoms with Gasteiger partial charge in [-0.05, 0) is 24.6 Å². The Kier molecular flexibility index (Phi) is 2.86. The number of hydrogen-bond acceptors (Lipinski definition) is 2. The number of rotatable bonds is 1. The van der Waals surface area contributed by atoms with E-state index >= 15 is 0 Å². The first-order valence-corrected chi connectivity index (χ1v) is 5.38. The van der Waals surface area contributed by atoms with Crippen molar-refractivity contribution >= 4 is 28.9 Å². The van der Waals surface area contributed by atoms with Gasteiger partial charge in [0.05, 0.1) is 10.7 Å². The van der Waals surface area contributed by atoms with Crippen LogP contribution in [0.2, 0.25) is 10.0 Å². The number of halogens is 2. The van der Waals surface area contributed by atoms with Crippen molar-refractivity contribution in [1.29, 1.82) is 0 Å². The van der Waals surface area contributed by atoms with E-state index < -0.39 is 0 Å². The number of anilines is 1. The van der Waals surface area contributed by atoms with Crippen LogP contribution >= 0.6 is 23.2 Å². The van der Waals surface area contributed by atoms with Crippen LogP contribution in [0.5, 0.6) is 0 Å². The van der Waals surface area contributed by atoms with Gasteiger partial charge in [-0.1, -0.05) is 23.2 Å². The van der Waals surface area contributed by atoms with Crippen molar-refractivity contribution in [2.75, 3.05) is 18.0 Å². The Morgan fingerprint density at radius 3 is 2.71 bits per heavy atom. The second kappa shape index (κ2) is 3.97. The van der Waals surface area contributed by atoms with E-state index in [1.54, 1.807) is 6.07 Å². The fourth-order valence-electron chi connectivity index (χ4n) is 1.74. The van der Waals surface area contributed by atoms with Crippen LogP contribution in [-0.4, -0.2) is 19.1 Å². The Morgan fingerprint density at radius 1 is 1.36 bits per heavy atom. The topological polar surface area (TPSA) is 29.3 Å². The van der Waals surface area contributed by atoms with Gasteiger partial charge in [-0.2, -0.15) is 0 Å². The normalized spacial score (nSPS) is 21.6. The zero-order chi connectivity index (χ0) is 10.1. The molecule has 0 bridgehead atoms. The SMILES string of the molecule is N[C@@H]1CCN(c2ccc(Cl)cc2Cl)C1.